The highest BCUT2D eigenvalue weighted by Gasteiger charge is 2.22. The Hall–Kier alpha value is -5.42. The molecule has 4 heterocycles. The summed E-state index contributed by atoms with van der Waals surface area (Å²) in [5.41, 5.74) is 8.85. The van der Waals surface area contributed by atoms with E-state index in [1.54, 1.807) is 0 Å². The predicted octanol–water partition coefficient (Wildman–Crippen LogP) is 14.0. The van der Waals surface area contributed by atoms with Crippen molar-refractivity contribution in [1.82, 2.24) is 9.13 Å². The maximum atomic E-state index is 2.53. The SMILES string of the molecule is CCCCc1ccc2sc3c(-n4c5ccccc5c5c4ccc4c6ccccc6n(-c6ccc7sc8ccccc8c7c6)c45)cccc3c2c1. The standard InChI is InChI=1S/C46H32N2S2/c1-2-3-11-28-20-24-43-35(26-28)33-15-10-18-40(46(33)50-43)48-38-17-8-5-14-34(38)44-39(48)23-22-32-30-12-4-7-16-37(30)47(45(32)44)29-21-25-42-36(27-29)31-13-6-9-19-41(31)49-42/h4-10,12-27H,2-3,11H2,1H3. The maximum Gasteiger partial charge on any atom is 0.0641 e. The van der Waals surface area contributed by atoms with Gasteiger partial charge in [0.1, 0.15) is 0 Å². The monoisotopic (exact) mass is 676 g/mol. The smallest absolute Gasteiger partial charge is 0.0641 e. The van der Waals surface area contributed by atoms with Gasteiger partial charge in [-0.1, -0.05) is 92.2 Å². The highest BCUT2D eigenvalue weighted by atomic mass is 32.1. The zero-order chi connectivity index (χ0) is 32.9. The molecule has 0 saturated heterocycles. The summed E-state index contributed by atoms with van der Waals surface area (Å²) in [4.78, 5) is 0. The van der Waals surface area contributed by atoms with Gasteiger partial charge in [0.2, 0.25) is 0 Å². The molecule has 0 fully saturated rings. The van der Waals surface area contributed by atoms with E-state index in [0.29, 0.717) is 0 Å². The summed E-state index contributed by atoms with van der Waals surface area (Å²) in [6.07, 6.45) is 3.57. The van der Waals surface area contributed by atoms with Gasteiger partial charge in [-0.15, -0.1) is 22.7 Å². The van der Waals surface area contributed by atoms with Gasteiger partial charge in [0.15, 0.2) is 0 Å². The Morgan fingerprint density at radius 1 is 0.480 bits per heavy atom. The second kappa shape index (κ2) is 10.8. The van der Waals surface area contributed by atoms with Crippen LogP contribution in [0.1, 0.15) is 25.3 Å². The minimum atomic E-state index is 1.13. The number of thiophene rings is 2. The molecule has 0 spiro atoms. The summed E-state index contributed by atoms with van der Waals surface area (Å²) in [5, 5.41) is 10.5. The molecular formula is C46H32N2S2. The first kappa shape index (κ1) is 28.4. The van der Waals surface area contributed by atoms with Crippen molar-refractivity contribution in [2.24, 2.45) is 0 Å². The summed E-state index contributed by atoms with van der Waals surface area (Å²) in [5.74, 6) is 0. The quantitative estimate of drug-likeness (QED) is 0.172. The fourth-order valence-electron chi connectivity index (χ4n) is 8.43. The van der Waals surface area contributed by atoms with Crippen molar-refractivity contribution in [1.29, 1.82) is 0 Å². The Balaban J connectivity index is 1.25. The van der Waals surface area contributed by atoms with Gasteiger partial charge < -0.3 is 9.13 Å². The van der Waals surface area contributed by atoms with Crippen molar-refractivity contribution in [3.63, 3.8) is 0 Å². The zero-order valence-corrected chi connectivity index (χ0v) is 29.2. The minimum Gasteiger partial charge on any atom is -0.309 e. The Morgan fingerprint density at radius 3 is 2.06 bits per heavy atom. The Labute approximate surface area is 297 Å². The van der Waals surface area contributed by atoms with Crippen LogP contribution in [-0.2, 0) is 6.42 Å². The van der Waals surface area contributed by atoms with E-state index in [1.165, 1.54) is 114 Å². The van der Waals surface area contributed by atoms with Crippen LogP contribution in [0.4, 0.5) is 0 Å². The lowest BCUT2D eigenvalue weighted by atomic mass is 10.0. The Kier molecular flexibility index (Phi) is 6.13. The van der Waals surface area contributed by atoms with Gasteiger partial charge in [0, 0.05) is 62.9 Å². The molecule has 238 valence electrons. The summed E-state index contributed by atoms with van der Waals surface area (Å²) in [6, 6.07) is 52.4. The van der Waals surface area contributed by atoms with Crippen molar-refractivity contribution in [2.75, 3.05) is 0 Å². The number of aryl methyl sites for hydroxylation is 1. The fourth-order valence-corrected chi connectivity index (χ4v) is 10.7. The van der Waals surface area contributed by atoms with E-state index in [1.807, 2.05) is 22.7 Å². The van der Waals surface area contributed by atoms with Gasteiger partial charge in [0.05, 0.1) is 32.5 Å². The third kappa shape index (κ3) is 3.95. The molecule has 2 nitrogen and oxygen atoms in total. The minimum absolute atomic E-state index is 1.13. The average molecular weight is 677 g/mol. The van der Waals surface area contributed by atoms with Gasteiger partial charge in [0.25, 0.3) is 0 Å². The molecule has 0 saturated carbocycles. The number of fused-ring (bicyclic) bond motifs is 13. The van der Waals surface area contributed by atoms with Crippen molar-refractivity contribution >= 4 is 107 Å². The summed E-state index contributed by atoms with van der Waals surface area (Å²) >= 11 is 3.80. The normalized spacial score (nSPS) is 12.3. The van der Waals surface area contributed by atoms with Crippen molar-refractivity contribution < 1.29 is 0 Å². The third-order valence-electron chi connectivity index (χ3n) is 10.7. The number of hydrogen-bond donors (Lipinski definition) is 0. The highest BCUT2D eigenvalue weighted by Crippen LogP contribution is 2.45. The fraction of sp³-hybridized carbons (Fsp3) is 0.0870. The van der Waals surface area contributed by atoms with E-state index in [0.717, 1.165) is 6.42 Å². The number of hydrogen-bond acceptors (Lipinski definition) is 2. The highest BCUT2D eigenvalue weighted by molar-refractivity contribution is 7.26. The topological polar surface area (TPSA) is 9.86 Å². The summed E-state index contributed by atoms with van der Waals surface area (Å²) < 4.78 is 10.4. The second-order valence-corrected chi connectivity index (χ2v) is 15.7. The third-order valence-corrected chi connectivity index (χ3v) is 13.0. The molecule has 0 unspecified atom stereocenters. The molecule has 4 heteroatoms. The molecule has 4 aromatic heterocycles. The number of para-hydroxylation sites is 2. The van der Waals surface area contributed by atoms with Gasteiger partial charge in [-0.3, -0.25) is 0 Å². The second-order valence-electron chi connectivity index (χ2n) is 13.5. The van der Waals surface area contributed by atoms with E-state index >= 15 is 0 Å². The Bertz CT molecular complexity index is 3150. The number of aromatic nitrogens is 2. The maximum absolute atomic E-state index is 2.53. The van der Waals surface area contributed by atoms with E-state index in [2.05, 4.69) is 156 Å². The van der Waals surface area contributed by atoms with Crippen molar-refractivity contribution in [2.45, 2.75) is 26.2 Å². The molecular weight excluding hydrogens is 645 g/mol. The molecule has 0 aliphatic rings. The zero-order valence-electron chi connectivity index (χ0n) is 27.6. The number of rotatable bonds is 5. The van der Waals surface area contributed by atoms with Gasteiger partial charge in [-0.05, 0) is 79.1 Å². The van der Waals surface area contributed by atoms with E-state index in [-0.39, 0.29) is 0 Å². The Morgan fingerprint density at radius 2 is 1.18 bits per heavy atom. The number of nitrogens with zero attached hydrogens (tertiary/aromatic N) is 2. The predicted molar refractivity (Wildman–Crippen MR) is 220 cm³/mol. The first-order valence-corrected chi connectivity index (χ1v) is 19.2. The summed E-state index contributed by atoms with van der Waals surface area (Å²) in [7, 11) is 0. The first-order chi connectivity index (χ1) is 24.8. The number of unbranched alkanes of at least 4 members (excludes halogenated alkanes) is 1. The molecule has 11 rings (SSSR count). The first-order valence-electron chi connectivity index (χ1n) is 17.6. The molecule has 11 aromatic rings. The van der Waals surface area contributed by atoms with E-state index < -0.39 is 0 Å². The van der Waals surface area contributed by atoms with Crippen LogP contribution in [0.15, 0.2) is 140 Å². The van der Waals surface area contributed by atoms with Crippen LogP contribution in [0.2, 0.25) is 0 Å². The molecule has 0 atom stereocenters. The van der Waals surface area contributed by atoms with Crippen LogP contribution in [0.3, 0.4) is 0 Å². The molecule has 0 N–H and O–H groups in total. The lowest BCUT2D eigenvalue weighted by Crippen LogP contribution is -1.95. The van der Waals surface area contributed by atoms with Crippen LogP contribution >= 0.6 is 22.7 Å². The van der Waals surface area contributed by atoms with E-state index in [4.69, 9.17) is 0 Å². The molecule has 7 aromatic carbocycles. The van der Waals surface area contributed by atoms with Crippen molar-refractivity contribution in [3.8, 4) is 11.4 Å². The lowest BCUT2D eigenvalue weighted by molar-refractivity contribution is 0.796. The molecule has 0 radical (unpaired) electrons. The molecule has 0 aliphatic heterocycles. The van der Waals surface area contributed by atoms with E-state index in [9.17, 15) is 0 Å². The average Bonchev–Trinajstić information content (AvgIpc) is 3.91. The molecule has 50 heavy (non-hydrogen) atoms. The van der Waals surface area contributed by atoms with Crippen LogP contribution in [-0.4, -0.2) is 9.13 Å². The lowest BCUT2D eigenvalue weighted by Gasteiger charge is -2.11. The number of benzene rings is 7. The van der Waals surface area contributed by atoms with Gasteiger partial charge >= 0.3 is 0 Å². The van der Waals surface area contributed by atoms with Gasteiger partial charge in [-0.2, -0.15) is 0 Å². The molecule has 0 bridgehead atoms. The van der Waals surface area contributed by atoms with Crippen molar-refractivity contribution in [3.05, 3.63) is 145 Å². The van der Waals surface area contributed by atoms with Crippen LogP contribution in [0, 0.1) is 0 Å². The summed E-state index contributed by atoms with van der Waals surface area (Å²) in [6.45, 7) is 2.27. The molecule has 0 aliphatic carbocycles. The van der Waals surface area contributed by atoms with Gasteiger partial charge in [-0.25, -0.2) is 0 Å². The largest absolute Gasteiger partial charge is 0.309 e. The molecule has 0 amide bonds. The van der Waals surface area contributed by atoms with Crippen LogP contribution in [0.5, 0.6) is 0 Å². The van der Waals surface area contributed by atoms with Crippen LogP contribution in [0.25, 0.3) is 95.3 Å². The van der Waals surface area contributed by atoms with Crippen LogP contribution < -0.4 is 0 Å².